The zero-order valence-corrected chi connectivity index (χ0v) is 13.6. The Hall–Kier alpha value is -1.86. The molecule has 0 radical (unpaired) electrons. The van der Waals surface area contributed by atoms with E-state index in [0.29, 0.717) is 0 Å². The van der Waals surface area contributed by atoms with E-state index in [9.17, 15) is 0 Å². The Morgan fingerprint density at radius 2 is 2.00 bits per heavy atom. The highest BCUT2D eigenvalue weighted by molar-refractivity contribution is 8.01. The van der Waals surface area contributed by atoms with Crippen molar-refractivity contribution in [3.8, 4) is 0 Å². The van der Waals surface area contributed by atoms with Crippen molar-refractivity contribution in [3.05, 3.63) is 30.0 Å². The van der Waals surface area contributed by atoms with Gasteiger partial charge in [-0.15, -0.1) is 10.2 Å². The predicted octanol–water partition coefficient (Wildman–Crippen LogP) is 3.19. The molecule has 2 N–H and O–H groups in total. The molecule has 0 saturated heterocycles. The maximum atomic E-state index is 5.90. The standard InChI is InChI=1S/C14H15N5S2/c1-8-6-12(10-7-9(15)4-5-11(10)16-8)20-14-18-17-13(21-14)19(2)3/h4-7H,15H2,1-3H3. The molecule has 7 heteroatoms. The van der Waals surface area contributed by atoms with Gasteiger partial charge in [-0.1, -0.05) is 23.1 Å². The number of nitrogen functional groups attached to an aromatic ring is 1. The van der Waals surface area contributed by atoms with E-state index in [1.807, 2.05) is 44.1 Å². The molecule has 0 saturated carbocycles. The van der Waals surface area contributed by atoms with E-state index in [-0.39, 0.29) is 0 Å². The van der Waals surface area contributed by atoms with Crippen LogP contribution < -0.4 is 10.6 Å². The van der Waals surface area contributed by atoms with Crippen molar-refractivity contribution in [1.82, 2.24) is 15.2 Å². The summed E-state index contributed by atoms with van der Waals surface area (Å²) >= 11 is 3.17. The topological polar surface area (TPSA) is 67.9 Å². The van der Waals surface area contributed by atoms with E-state index in [1.165, 1.54) is 0 Å². The first-order valence-electron chi connectivity index (χ1n) is 6.38. The summed E-state index contributed by atoms with van der Waals surface area (Å²) in [7, 11) is 3.92. The maximum absolute atomic E-state index is 5.90. The Bertz CT molecular complexity index is 797. The van der Waals surface area contributed by atoms with Gasteiger partial charge in [-0.25, -0.2) is 0 Å². The molecule has 0 spiro atoms. The van der Waals surface area contributed by atoms with Crippen molar-refractivity contribution >= 4 is 44.8 Å². The number of hydrogen-bond donors (Lipinski definition) is 1. The van der Waals surface area contributed by atoms with Crippen LogP contribution in [0.15, 0.2) is 33.5 Å². The fourth-order valence-corrected chi connectivity index (χ4v) is 3.88. The summed E-state index contributed by atoms with van der Waals surface area (Å²) in [5, 5.41) is 10.3. The summed E-state index contributed by atoms with van der Waals surface area (Å²) in [5.41, 5.74) is 8.56. The fraction of sp³-hybridized carbons (Fsp3) is 0.214. The smallest absolute Gasteiger partial charge is 0.208 e. The maximum Gasteiger partial charge on any atom is 0.208 e. The normalized spacial score (nSPS) is 11.0. The molecule has 108 valence electrons. The van der Waals surface area contributed by atoms with Crippen LogP contribution in [-0.4, -0.2) is 29.3 Å². The molecule has 0 aliphatic carbocycles. The average Bonchev–Trinajstić information content (AvgIpc) is 2.88. The molecule has 0 atom stereocenters. The first-order chi connectivity index (χ1) is 10.0. The molecule has 0 fully saturated rings. The number of nitrogens with zero attached hydrogens (tertiary/aromatic N) is 4. The quantitative estimate of drug-likeness (QED) is 0.748. The highest BCUT2D eigenvalue weighted by Crippen LogP contribution is 2.37. The number of rotatable bonds is 3. The Morgan fingerprint density at radius 1 is 1.19 bits per heavy atom. The summed E-state index contributed by atoms with van der Waals surface area (Å²) in [5.74, 6) is 0. The third kappa shape index (κ3) is 2.93. The molecule has 0 aliphatic rings. The SMILES string of the molecule is Cc1cc(Sc2nnc(N(C)C)s2)c2cc(N)ccc2n1. The first-order valence-corrected chi connectivity index (χ1v) is 8.02. The number of aryl methyl sites for hydroxylation is 1. The molecule has 2 heterocycles. The van der Waals surface area contributed by atoms with Gasteiger partial charge in [0.15, 0.2) is 4.34 Å². The van der Waals surface area contributed by atoms with E-state index in [0.717, 1.165) is 36.7 Å². The second kappa shape index (κ2) is 5.50. The number of benzene rings is 1. The van der Waals surface area contributed by atoms with Crippen molar-refractivity contribution in [2.24, 2.45) is 0 Å². The van der Waals surface area contributed by atoms with E-state index in [4.69, 9.17) is 5.73 Å². The molecule has 21 heavy (non-hydrogen) atoms. The van der Waals surface area contributed by atoms with Crippen molar-refractivity contribution in [2.45, 2.75) is 16.2 Å². The summed E-state index contributed by atoms with van der Waals surface area (Å²) in [6, 6.07) is 7.84. The van der Waals surface area contributed by atoms with E-state index in [2.05, 4.69) is 21.2 Å². The Kier molecular flexibility index (Phi) is 3.69. The summed E-state index contributed by atoms with van der Waals surface area (Å²) in [6.45, 7) is 1.99. The first kappa shape index (κ1) is 14.1. The third-order valence-corrected chi connectivity index (χ3v) is 5.10. The number of pyridine rings is 1. The van der Waals surface area contributed by atoms with Crippen LogP contribution in [0.3, 0.4) is 0 Å². The predicted molar refractivity (Wildman–Crippen MR) is 89.3 cm³/mol. The molecule has 0 unspecified atom stereocenters. The molecule has 5 nitrogen and oxygen atoms in total. The van der Waals surface area contributed by atoms with Crippen LogP contribution in [0.25, 0.3) is 10.9 Å². The second-order valence-corrected chi connectivity index (χ2v) is 7.13. The minimum Gasteiger partial charge on any atom is -0.399 e. The van der Waals surface area contributed by atoms with Crippen molar-refractivity contribution in [1.29, 1.82) is 0 Å². The van der Waals surface area contributed by atoms with Crippen LogP contribution in [-0.2, 0) is 0 Å². The van der Waals surface area contributed by atoms with E-state index in [1.54, 1.807) is 23.1 Å². The molecule has 0 amide bonds. The number of nitrogens with two attached hydrogens (primary N) is 1. The van der Waals surface area contributed by atoms with Gasteiger partial charge in [0.1, 0.15) is 0 Å². The van der Waals surface area contributed by atoms with Crippen LogP contribution in [0.2, 0.25) is 0 Å². The highest BCUT2D eigenvalue weighted by Gasteiger charge is 2.11. The van der Waals surface area contributed by atoms with Gasteiger partial charge >= 0.3 is 0 Å². The molecule has 0 aliphatic heterocycles. The van der Waals surface area contributed by atoms with Gasteiger partial charge in [-0.05, 0) is 31.2 Å². The third-order valence-electron chi connectivity index (χ3n) is 2.90. The molecule has 3 rings (SSSR count). The van der Waals surface area contributed by atoms with Crippen LogP contribution >= 0.6 is 23.1 Å². The van der Waals surface area contributed by atoms with Crippen molar-refractivity contribution in [3.63, 3.8) is 0 Å². The summed E-state index contributed by atoms with van der Waals surface area (Å²) in [4.78, 5) is 7.60. The van der Waals surface area contributed by atoms with Crippen molar-refractivity contribution in [2.75, 3.05) is 24.7 Å². The zero-order chi connectivity index (χ0) is 15.0. The number of hydrogen-bond acceptors (Lipinski definition) is 7. The Balaban J connectivity index is 2.04. The number of fused-ring (bicyclic) bond motifs is 1. The van der Waals surface area contributed by atoms with Crippen LogP contribution in [0.5, 0.6) is 0 Å². The van der Waals surface area contributed by atoms with Gasteiger partial charge in [0, 0.05) is 35.8 Å². The summed E-state index contributed by atoms with van der Waals surface area (Å²) in [6.07, 6.45) is 0. The molecule has 1 aromatic carbocycles. The molecule has 2 aromatic heterocycles. The van der Waals surface area contributed by atoms with Crippen LogP contribution in [0.1, 0.15) is 5.69 Å². The van der Waals surface area contributed by atoms with E-state index < -0.39 is 0 Å². The van der Waals surface area contributed by atoms with Crippen LogP contribution in [0, 0.1) is 6.92 Å². The zero-order valence-electron chi connectivity index (χ0n) is 12.0. The van der Waals surface area contributed by atoms with Gasteiger partial charge in [0.05, 0.1) is 5.52 Å². The molecular weight excluding hydrogens is 302 g/mol. The van der Waals surface area contributed by atoms with E-state index >= 15 is 0 Å². The second-order valence-electron chi connectivity index (χ2n) is 4.89. The Labute approximate surface area is 131 Å². The lowest BCUT2D eigenvalue weighted by Crippen LogP contribution is -2.07. The minimum atomic E-state index is 0.737. The van der Waals surface area contributed by atoms with Crippen LogP contribution in [0.4, 0.5) is 10.8 Å². The molecular formula is C14H15N5S2. The molecule has 3 aromatic rings. The largest absolute Gasteiger partial charge is 0.399 e. The molecule has 0 bridgehead atoms. The number of aromatic nitrogens is 3. The summed E-state index contributed by atoms with van der Waals surface area (Å²) < 4.78 is 0.910. The highest BCUT2D eigenvalue weighted by atomic mass is 32.2. The van der Waals surface area contributed by atoms with Gasteiger partial charge < -0.3 is 10.6 Å². The Morgan fingerprint density at radius 3 is 2.71 bits per heavy atom. The average molecular weight is 317 g/mol. The monoisotopic (exact) mass is 317 g/mol. The van der Waals surface area contributed by atoms with Gasteiger partial charge in [-0.2, -0.15) is 0 Å². The van der Waals surface area contributed by atoms with Gasteiger partial charge in [0.25, 0.3) is 0 Å². The van der Waals surface area contributed by atoms with Gasteiger partial charge in [-0.3, -0.25) is 4.98 Å². The van der Waals surface area contributed by atoms with Gasteiger partial charge in [0.2, 0.25) is 5.13 Å². The lowest BCUT2D eigenvalue weighted by molar-refractivity contribution is 0.973. The van der Waals surface area contributed by atoms with Crippen molar-refractivity contribution < 1.29 is 0 Å². The number of anilines is 2. The lowest BCUT2D eigenvalue weighted by atomic mass is 10.2. The minimum absolute atomic E-state index is 0.737. The lowest BCUT2D eigenvalue weighted by Gasteiger charge is -2.07. The fourth-order valence-electron chi connectivity index (χ4n) is 1.94.